The average Bonchev–Trinajstić information content (AvgIpc) is 3.55. The molecule has 5 nitrogen and oxygen atoms in total. The number of benzene rings is 1. The van der Waals surface area contributed by atoms with Crippen molar-refractivity contribution in [2.75, 3.05) is 38.0 Å². The molecule has 0 atom stereocenters. The van der Waals surface area contributed by atoms with Crippen LogP contribution in [0.2, 0.25) is 5.02 Å². The van der Waals surface area contributed by atoms with Crippen molar-refractivity contribution in [3.8, 4) is 17.0 Å². The van der Waals surface area contributed by atoms with Crippen LogP contribution in [0, 0.1) is 12.8 Å². The van der Waals surface area contributed by atoms with Gasteiger partial charge in [0, 0.05) is 25.8 Å². The number of ether oxygens (including phenoxy) is 2. The third-order valence-electron chi connectivity index (χ3n) is 6.54. The predicted molar refractivity (Wildman–Crippen MR) is 133 cm³/mol. The summed E-state index contributed by atoms with van der Waals surface area (Å²) in [4.78, 5) is 2.63. The summed E-state index contributed by atoms with van der Waals surface area (Å²) < 4.78 is 13.5. The Morgan fingerprint density at radius 3 is 2.69 bits per heavy atom. The first-order valence-corrected chi connectivity index (χ1v) is 13.0. The molecule has 1 aromatic carbocycles. The van der Waals surface area contributed by atoms with Gasteiger partial charge in [0.1, 0.15) is 10.8 Å². The monoisotopic (exact) mass is 471 g/mol. The lowest BCUT2D eigenvalue weighted by Gasteiger charge is -2.36. The summed E-state index contributed by atoms with van der Waals surface area (Å²) in [6, 6.07) is 10.9. The average molecular weight is 472 g/mol. The Morgan fingerprint density at radius 2 is 2.00 bits per heavy atom. The molecular formula is C25H30ClN3O2S. The molecule has 170 valence electrons. The van der Waals surface area contributed by atoms with Crippen LogP contribution in [0.4, 0.5) is 5.69 Å². The highest BCUT2D eigenvalue weighted by atomic mass is 35.5. The molecule has 0 amide bonds. The number of halogens is 1. The second kappa shape index (κ2) is 9.16. The van der Waals surface area contributed by atoms with E-state index in [9.17, 15) is 0 Å². The lowest BCUT2D eigenvalue weighted by molar-refractivity contribution is 0.0841. The zero-order chi connectivity index (χ0) is 22.2. The van der Waals surface area contributed by atoms with Crippen LogP contribution in [-0.4, -0.2) is 48.8 Å². The van der Waals surface area contributed by atoms with E-state index in [2.05, 4.69) is 33.9 Å². The topological polar surface area (TPSA) is 39.0 Å². The van der Waals surface area contributed by atoms with Gasteiger partial charge in [-0.05, 0) is 74.6 Å². The molecule has 3 aromatic rings. The molecule has 0 radical (unpaired) electrons. The van der Waals surface area contributed by atoms with Crippen LogP contribution >= 0.6 is 23.4 Å². The smallest absolute Gasteiger partial charge is 0.142 e. The second-order valence-corrected chi connectivity index (χ2v) is 10.0. The van der Waals surface area contributed by atoms with Gasteiger partial charge in [-0.15, -0.1) is 11.8 Å². The molecule has 0 spiro atoms. The maximum Gasteiger partial charge on any atom is 0.142 e. The van der Waals surface area contributed by atoms with Crippen molar-refractivity contribution < 1.29 is 9.47 Å². The van der Waals surface area contributed by atoms with E-state index in [0.717, 1.165) is 71.6 Å². The van der Waals surface area contributed by atoms with Crippen LogP contribution in [0.1, 0.15) is 31.2 Å². The molecule has 2 aromatic heterocycles. The Labute approximate surface area is 199 Å². The summed E-state index contributed by atoms with van der Waals surface area (Å²) in [6.07, 6.45) is 6.90. The molecule has 0 bridgehead atoms. The molecule has 1 aliphatic carbocycles. The summed E-state index contributed by atoms with van der Waals surface area (Å²) in [7, 11) is 1.69. The van der Waals surface area contributed by atoms with Crippen molar-refractivity contribution in [1.29, 1.82) is 0 Å². The highest BCUT2D eigenvalue weighted by Gasteiger charge is 2.33. The lowest BCUT2D eigenvalue weighted by atomic mass is 10.0. The maximum atomic E-state index is 6.74. The molecule has 5 rings (SSSR count). The number of aryl methyl sites for hydroxylation is 1. The molecule has 1 saturated carbocycles. The van der Waals surface area contributed by atoms with Crippen molar-refractivity contribution in [1.82, 2.24) is 9.61 Å². The Bertz CT molecular complexity index is 1120. The zero-order valence-corrected chi connectivity index (χ0v) is 20.5. The summed E-state index contributed by atoms with van der Waals surface area (Å²) in [5.41, 5.74) is 5.28. The zero-order valence-electron chi connectivity index (χ0n) is 18.9. The van der Waals surface area contributed by atoms with Crippen LogP contribution in [-0.2, 0) is 4.74 Å². The number of anilines is 1. The normalized spacial score (nSPS) is 17.1. The van der Waals surface area contributed by atoms with Gasteiger partial charge in [0.2, 0.25) is 0 Å². The predicted octanol–water partition coefficient (Wildman–Crippen LogP) is 6.09. The Balaban J connectivity index is 1.69. The van der Waals surface area contributed by atoms with Crippen molar-refractivity contribution >= 4 is 34.6 Å². The SMILES string of the molecule is COc1cc(C)cc(Cl)c1-c1cccc2c(N(CC3CC3)C3CCOCC3)c(SC)nn12. The first-order valence-electron chi connectivity index (χ1n) is 11.3. The lowest BCUT2D eigenvalue weighted by Crippen LogP contribution is -2.41. The number of pyridine rings is 1. The van der Waals surface area contributed by atoms with Gasteiger partial charge in [-0.2, -0.15) is 5.10 Å². The minimum atomic E-state index is 0.490. The van der Waals surface area contributed by atoms with Crippen LogP contribution in [0.3, 0.4) is 0 Å². The fraction of sp³-hybridized carbons (Fsp3) is 0.480. The quantitative estimate of drug-likeness (QED) is 0.390. The number of thioether (sulfide) groups is 1. The van der Waals surface area contributed by atoms with E-state index < -0.39 is 0 Å². The third kappa shape index (κ3) is 4.09. The molecule has 2 fully saturated rings. The molecule has 1 saturated heterocycles. The third-order valence-corrected chi connectivity index (χ3v) is 7.50. The number of hydrogen-bond acceptors (Lipinski definition) is 5. The first kappa shape index (κ1) is 21.9. The summed E-state index contributed by atoms with van der Waals surface area (Å²) >= 11 is 8.45. The number of aromatic nitrogens is 2. The molecule has 0 N–H and O–H groups in total. The minimum absolute atomic E-state index is 0.490. The van der Waals surface area contributed by atoms with Gasteiger partial charge in [0.25, 0.3) is 0 Å². The van der Waals surface area contributed by atoms with Crippen LogP contribution < -0.4 is 9.64 Å². The minimum Gasteiger partial charge on any atom is -0.496 e. The second-order valence-electron chi connectivity index (χ2n) is 8.83. The number of rotatable bonds is 7. The standard InChI is InChI=1S/C25H30ClN3O2S/c1-16-13-19(26)23(22(14-16)30-2)20-5-4-6-21-24(25(32-3)27-29(20)21)28(15-17-7-8-17)18-9-11-31-12-10-18/h4-6,13-14,17-18H,7-12,15H2,1-3H3. The van der Waals surface area contributed by atoms with Crippen molar-refractivity contribution in [2.24, 2.45) is 5.92 Å². The highest BCUT2D eigenvalue weighted by molar-refractivity contribution is 7.98. The largest absolute Gasteiger partial charge is 0.496 e. The summed E-state index contributed by atoms with van der Waals surface area (Å²) in [6.45, 7) is 4.79. The van der Waals surface area contributed by atoms with E-state index in [1.807, 2.05) is 19.1 Å². The number of hydrogen-bond donors (Lipinski definition) is 0. The molecule has 7 heteroatoms. The van der Waals surface area contributed by atoms with Gasteiger partial charge < -0.3 is 14.4 Å². The molecule has 2 aliphatic rings. The van der Waals surface area contributed by atoms with Crippen molar-refractivity contribution in [3.05, 3.63) is 40.9 Å². The van der Waals surface area contributed by atoms with Gasteiger partial charge in [-0.1, -0.05) is 17.7 Å². The van der Waals surface area contributed by atoms with Crippen molar-refractivity contribution in [3.63, 3.8) is 0 Å². The van der Waals surface area contributed by atoms with E-state index in [-0.39, 0.29) is 0 Å². The number of fused-ring (bicyclic) bond motifs is 1. The van der Waals surface area contributed by atoms with Crippen molar-refractivity contribution in [2.45, 2.75) is 43.7 Å². The highest BCUT2D eigenvalue weighted by Crippen LogP contribution is 2.43. The van der Waals surface area contributed by atoms with Gasteiger partial charge in [-0.3, -0.25) is 0 Å². The fourth-order valence-electron chi connectivity index (χ4n) is 4.75. The molecular weight excluding hydrogens is 442 g/mol. The van der Waals surface area contributed by atoms with Crippen LogP contribution in [0.5, 0.6) is 5.75 Å². The van der Waals surface area contributed by atoms with Gasteiger partial charge in [0.05, 0.1) is 34.6 Å². The first-order chi connectivity index (χ1) is 15.6. The number of methoxy groups -OCH3 is 1. The van der Waals surface area contributed by atoms with Crippen LogP contribution in [0.25, 0.3) is 16.8 Å². The Kier molecular flexibility index (Phi) is 6.28. The molecule has 32 heavy (non-hydrogen) atoms. The van der Waals surface area contributed by atoms with E-state index in [1.165, 1.54) is 18.5 Å². The molecule has 1 aliphatic heterocycles. The summed E-state index contributed by atoms with van der Waals surface area (Å²) in [5.74, 6) is 1.56. The van der Waals surface area contributed by atoms with Gasteiger partial charge in [0.15, 0.2) is 0 Å². The molecule has 0 unspecified atom stereocenters. The summed E-state index contributed by atoms with van der Waals surface area (Å²) in [5, 5.41) is 6.82. The molecule has 3 heterocycles. The number of nitrogens with zero attached hydrogens (tertiary/aromatic N) is 3. The van der Waals surface area contributed by atoms with Crippen LogP contribution in [0.15, 0.2) is 35.4 Å². The van der Waals surface area contributed by atoms with Gasteiger partial charge >= 0.3 is 0 Å². The van der Waals surface area contributed by atoms with E-state index >= 15 is 0 Å². The fourth-order valence-corrected chi connectivity index (χ4v) is 5.69. The van der Waals surface area contributed by atoms with E-state index in [4.69, 9.17) is 26.2 Å². The maximum absolute atomic E-state index is 6.74. The van der Waals surface area contributed by atoms with E-state index in [1.54, 1.807) is 18.9 Å². The van der Waals surface area contributed by atoms with Gasteiger partial charge in [-0.25, -0.2) is 4.52 Å². The Morgan fingerprint density at radius 1 is 1.22 bits per heavy atom. The Hall–Kier alpha value is -1.89. The van der Waals surface area contributed by atoms with E-state index in [0.29, 0.717) is 11.1 Å².